The summed E-state index contributed by atoms with van der Waals surface area (Å²) in [4.78, 5) is 12.2. The lowest BCUT2D eigenvalue weighted by atomic mass is 10.1. The first-order valence-corrected chi connectivity index (χ1v) is 6.62. The molecular weight excluding hydrogens is 296 g/mol. The molecule has 0 saturated carbocycles. The highest BCUT2D eigenvalue weighted by molar-refractivity contribution is 7.80. The summed E-state index contributed by atoms with van der Waals surface area (Å²) < 4.78 is 1.52. The van der Waals surface area contributed by atoms with E-state index in [1.165, 1.54) is 10.9 Å². The largest absolute Gasteiger partial charge is 0.389 e. The van der Waals surface area contributed by atoms with E-state index in [0.717, 1.165) is 5.56 Å². The van der Waals surface area contributed by atoms with Crippen LogP contribution in [0.4, 0.5) is 5.82 Å². The first-order valence-electron chi connectivity index (χ1n) is 5.83. The molecule has 0 atom stereocenters. The predicted octanol–water partition coefficient (Wildman–Crippen LogP) is 1.89. The van der Waals surface area contributed by atoms with Gasteiger partial charge in [-0.1, -0.05) is 36.0 Å². The van der Waals surface area contributed by atoms with E-state index in [1.54, 1.807) is 31.3 Å². The fourth-order valence-corrected chi connectivity index (χ4v) is 2.01. The van der Waals surface area contributed by atoms with Crippen LogP contribution in [-0.2, 0) is 18.3 Å². The maximum Gasteiger partial charge on any atom is 0.229 e. The summed E-state index contributed by atoms with van der Waals surface area (Å²) in [6.45, 7) is 0. The van der Waals surface area contributed by atoms with E-state index in [0.29, 0.717) is 16.4 Å². The third kappa shape index (κ3) is 3.34. The average Bonchev–Trinajstić information content (AvgIpc) is 2.74. The molecular formula is C13H13ClN4OS. The first kappa shape index (κ1) is 14.5. The van der Waals surface area contributed by atoms with Crippen molar-refractivity contribution in [1.82, 2.24) is 9.78 Å². The average molecular weight is 309 g/mol. The van der Waals surface area contributed by atoms with Crippen LogP contribution in [0, 0.1) is 0 Å². The second-order valence-electron chi connectivity index (χ2n) is 4.25. The van der Waals surface area contributed by atoms with E-state index in [4.69, 9.17) is 29.6 Å². The predicted molar refractivity (Wildman–Crippen MR) is 82.9 cm³/mol. The minimum absolute atomic E-state index is 0.173. The number of carbonyl (C=O) groups is 1. The Bertz CT molecular complexity index is 651. The molecule has 20 heavy (non-hydrogen) atoms. The molecule has 0 unspecified atom stereocenters. The van der Waals surface area contributed by atoms with Crippen LogP contribution in [0.2, 0.25) is 5.02 Å². The highest BCUT2D eigenvalue weighted by Gasteiger charge is 2.14. The smallest absolute Gasteiger partial charge is 0.229 e. The molecule has 7 heteroatoms. The Balaban J connectivity index is 2.10. The molecule has 0 aliphatic heterocycles. The van der Waals surface area contributed by atoms with Gasteiger partial charge in [-0.25, -0.2) is 0 Å². The summed E-state index contributed by atoms with van der Waals surface area (Å²) in [5.41, 5.74) is 7.00. The van der Waals surface area contributed by atoms with Gasteiger partial charge in [-0.3, -0.25) is 9.48 Å². The number of hydrogen-bond donors (Lipinski definition) is 2. The van der Waals surface area contributed by atoms with E-state index < -0.39 is 0 Å². The van der Waals surface area contributed by atoms with Crippen molar-refractivity contribution >= 4 is 40.5 Å². The van der Waals surface area contributed by atoms with Gasteiger partial charge in [-0.2, -0.15) is 5.10 Å². The van der Waals surface area contributed by atoms with Crippen molar-refractivity contribution in [2.24, 2.45) is 12.8 Å². The van der Waals surface area contributed by atoms with Crippen LogP contribution in [0.5, 0.6) is 0 Å². The number of halogens is 1. The molecule has 3 N–H and O–H groups in total. The molecule has 0 fully saturated rings. The molecule has 0 bridgehead atoms. The van der Waals surface area contributed by atoms with E-state index in [9.17, 15) is 4.79 Å². The lowest BCUT2D eigenvalue weighted by Crippen LogP contribution is -2.20. The maximum absolute atomic E-state index is 12.0. The molecule has 1 aromatic heterocycles. The number of aromatic nitrogens is 2. The zero-order chi connectivity index (χ0) is 14.7. The molecule has 0 saturated heterocycles. The lowest BCUT2D eigenvalue weighted by molar-refractivity contribution is -0.115. The fraction of sp³-hybridized carbons (Fsp3) is 0.154. The van der Waals surface area contributed by atoms with Crippen molar-refractivity contribution in [3.63, 3.8) is 0 Å². The molecule has 0 radical (unpaired) electrons. The summed E-state index contributed by atoms with van der Waals surface area (Å²) in [5, 5.41) is 7.43. The summed E-state index contributed by atoms with van der Waals surface area (Å²) in [6, 6.07) is 7.10. The number of amides is 1. The van der Waals surface area contributed by atoms with Gasteiger partial charge in [0.25, 0.3) is 0 Å². The van der Waals surface area contributed by atoms with E-state index in [1.807, 2.05) is 0 Å². The van der Waals surface area contributed by atoms with Crippen LogP contribution < -0.4 is 11.1 Å². The molecule has 1 amide bonds. The minimum atomic E-state index is -0.173. The van der Waals surface area contributed by atoms with Crippen LogP contribution in [0.3, 0.4) is 0 Å². The number of thiocarbonyl (C=S) groups is 1. The number of nitrogens with one attached hydrogen (secondary N) is 1. The summed E-state index contributed by atoms with van der Waals surface area (Å²) in [5.74, 6) is 0.324. The third-order valence-corrected chi connectivity index (χ3v) is 3.21. The van der Waals surface area contributed by atoms with Crippen molar-refractivity contribution in [1.29, 1.82) is 0 Å². The quantitative estimate of drug-likeness (QED) is 0.846. The van der Waals surface area contributed by atoms with Gasteiger partial charge in [0.2, 0.25) is 5.91 Å². The number of carbonyl (C=O) groups excluding carboxylic acids is 1. The van der Waals surface area contributed by atoms with Gasteiger partial charge >= 0.3 is 0 Å². The van der Waals surface area contributed by atoms with Gasteiger partial charge < -0.3 is 11.1 Å². The molecule has 104 valence electrons. The minimum Gasteiger partial charge on any atom is -0.389 e. The summed E-state index contributed by atoms with van der Waals surface area (Å²) in [7, 11) is 1.71. The number of anilines is 1. The van der Waals surface area contributed by atoms with Gasteiger partial charge in [0.15, 0.2) is 0 Å². The van der Waals surface area contributed by atoms with E-state index >= 15 is 0 Å². The highest BCUT2D eigenvalue weighted by atomic mass is 35.5. The van der Waals surface area contributed by atoms with Crippen LogP contribution in [0.15, 0.2) is 30.5 Å². The second-order valence-corrected chi connectivity index (χ2v) is 5.12. The number of nitrogens with zero attached hydrogens (tertiary/aromatic N) is 2. The number of aryl methyl sites for hydroxylation is 1. The zero-order valence-electron chi connectivity index (χ0n) is 10.8. The number of hydrogen-bond acceptors (Lipinski definition) is 3. The van der Waals surface area contributed by atoms with Gasteiger partial charge in [0.1, 0.15) is 10.8 Å². The first-order chi connectivity index (χ1) is 9.47. The van der Waals surface area contributed by atoms with Gasteiger partial charge in [-0.05, 0) is 17.7 Å². The number of benzene rings is 1. The Kier molecular flexibility index (Phi) is 4.36. The Morgan fingerprint density at radius 2 is 2.10 bits per heavy atom. The number of rotatable bonds is 4. The standard InChI is InChI=1S/C13H13ClN4OS/c1-18-13(10(7-16-18)12(15)20)17-11(19)6-8-2-4-9(14)5-3-8/h2-5,7H,6H2,1H3,(H2,15,20)(H,17,19). The van der Waals surface area contributed by atoms with Crippen LogP contribution in [-0.4, -0.2) is 20.7 Å². The Hall–Kier alpha value is -1.92. The van der Waals surface area contributed by atoms with E-state index in [2.05, 4.69) is 10.4 Å². The van der Waals surface area contributed by atoms with Crippen molar-refractivity contribution in [2.75, 3.05) is 5.32 Å². The van der Waals surface area contributed by atoms with Crippen LogP contribution >= 0.6 is 23.8 Å². The number of nitrogens with two attached hydrogens (primary N) is 1. The monoisotopic (exact) mass is 308 g/mol. The lowest BCUT2D eigenvalue weighted by Gasteiger charge is -2.08. The Morgan fingerprint density at radius 1 is 1.45 bits per heavy atom. The van der Waals surface area contributed by atoms with Crippen molar-refractivity contribution in [3.05, 3.63) is 46.6 Å². The third-order valence-electron chi connectivity index (χ3n) is 2.74. The maximum atomic E-state index is 12.0. The van der Waals surface area contributed by atoms with Crippen molar-refractivity contribution in [3.8, 4) is 0 Å². The molecule has 1 aromatic carbocycles. The summed E-state index contributed by atoms with van der Waals surface area (Å²) in [6.07, 6.45) is 1.76. The molecule has 2 rings (SSSR count). The molecule has 1 heterocycles. The highest BCUT2D eigenvalue weighted by Crippen LogP contribution is 2.15. The van der Waals surface area contributed by atoms with Crippen molar-refractivity contribution in [2.45, 2.75) is 6.42 Å². The topological polar surface area (TPSA) is 72.9 Å². The van der Waals surface area contributed by atoms with Crippen molar-refractivity contribution < 1.29 is 4.79 Å². The van der Waals surface area contributed by atoms with Gasteiger partial charge in [-0.15, -0.1) is 0 Å². The Morgan fingerprint density at radius 3 is 2.70 bits per heavy atom. The summed E-state index contributed by atoms with van der Waals surface area (Å²) >= 11 is 10.7. The van der Waals surface area contributed by atoms with Crippen LogP contribution in [0.1, 0.15) is 11.1 Å². The molecule has 5 nitrogen and oxygen atoms in total. The van der Waals surface area contributed by atoms with E-state index in [-0.39, 0.29) is 17.3 Å². The van der Waals surface area contributed by atoms with Gasteiger partial charge in [0, 0.05) is 12.1 Å². The van der Waals surface area contributed by atoms with Crippen LogP contribution in [0.25, 0.3) is 0 Å². The molecule has 0 spiro atoms. The fourth-order valence-electron chi connectivity index (χ4n) is 1.73. The second kappa shape index (κ2) is 6.02. The van der Waals surface area contributed by atoms with Gasteiger partial charge in [0.05, 0.1) is 18.2 Å². The SMILES string of the molecule is Cn1ncc(C(N)=S)c1NC(=O)Cc1ccc(Cl)cc1. The Labute approximate surface area is 126 Å². The molecule has 0 aliphatic carbocycles. The molecule has 2 aromatic rings. The zero-order valence-corrected chi connectivity index (χ0v) is 12.3. The normalized spacial score (nSPS) is 10.3. The molecule has 0 aliphatic rings.